The number of piperazine rings is 1. The molecular formula is C16H32N4O. The maximum absolute atomic E-state index is 11.8. The highest BCUT2D eigenvalue weighted by atomic mass is 16.1. The van der Waals surface area contributed by atoms with E-state index in [1.54, 1.807) is 0 Å². The fraction of sp³-hybridized carbons (Fsp3) is 0.938. The van der Waals surface area contributed by atoms with E-state index < -0.39 is 5.54 Å². The van der Waals surface area contributed by atoms with Gasteiger partial charge >= 0.3 is 0 Å². The van der Waals surface area contributed by atoms with Crippen LogP contribution >= 0.6 is 0 Å². The van der Waals surface area contributed by atoms with Crippen molar-refractivity contribution in [2.75, 3.05) is 33.2 Å². The van der Waals surface area contributed by atoms with Gasteiger partial charge in [0.2, 0.25) is 5.91 Å². The summed E-state index contributed by atoms with van der Waals surface area (Å²) >= 11 is 0. The van der Waals surface area contributed by atoms with Crippen LogP contribution in [0.5, 0.6) is 0 Å². The van der Waals surface area contributed by atoms with Crippen molar-refractivity contribution in [1.29, 1.82) is 0 Å². The van der Waals surface area contributed by atoms with Crippen LogP contribution in [0.15, 0.2) is 0 Å². The Hall–Kier alpha value is -0.650. The summed E-state index contributed by atoms with van der Waals surface area (Å²) in [7, 11) is 1.87. The summed E-state index contributed by atoms with van der Waals surface area (Å²) in [5.74, 6) is -0.187. The minimum atomic E-state index is -0.489. The molecule has 3 unspecified atom stereocenters. The minimum absolute atomic E-state index is 0.187. The van der Waals surface area contributed by atoms with Crippen LogP contribution < -0.4 is 11.1 Å². The molecule has 3 N–H and O–H groups in total. The van der Waals surface area contributed by atoms with E-state index in [0.717, 1.165) is 45.4 Å². The Morgan fingerprint density at radius 1 is 1.38 bits per heavy atom. The molecule has 0 aromatic carbocycles. The van der Waals surface area contributed by atoms with Gasteiger partial charge in [0.15, 0.2) is 0 Å². The van der Waals surface area contributed by atoms with E-state index in [2.05, 4.69) is 29.0 Å². The molecule has 122 valence electrons. The predicted octanol–water partition coefficient (Wildman–Crippen LogP) is 0.789. The molecule has 2 aliphatic rings. The number of hydrogen-bond acceptors (Lipinski definition) is 4. The van der Waals surface area contributed by atoms with Crippen molar-refractivity contribution in [1.82, 2.24) is 15.1 Å². The predicted molar refractivity (Wildman–Crippen MR) is 86.1 cm³/mol. The van der Waals surface area contributed by atoms with Gasteiger partial charge in [0.05, 0.1) is 5.54 Å². The van der Waals surface area contributed by atoms with Gasteiger partial charge in [-0.3, -0.25) is 14.6 Å². The molecule has 1 heterocycles. The Bertz CT molecular complexity index is 354. The molecule has 1 aliphatic heterocycles. The van der Waals surface area contributed by atoms with Crippen LogP contribution in [0.2, 0.25) is 0 Å². The van der Waals surface area contributed by atoms with E-state index in [1.165, 1.54) is 12.8 Å². The summed E-state index contributed by atoms with van der Waals surface area (Å²) in [6.07, 6.45) is 5.23. The van der Waals surface area contributed by atoms with Crippen molar-refractivity contribution >= 4 is 5.91 Å². The maximum atomic E-state index is 11.8. The summed E-state index contributed by atoms with van der Waals surface area (Å²) in [5.41, 5.74) is 5.17. The summed E-state index contributed by atoms with van der Waals surface area (Å²) in [5, 5.41) is 3.21. The molecule has 2 fully saturated rings. The Morgan fingerprint density at radius 3 is 2.57 bits per heavy atom. The van der Waals surface area contributed by atoms with Gasteiger partial charge in [-0.05, 0) is 46.1 Å². The van der Waals surface area contributed by atoms with Gasteiger partial charge in [-0.25, -0.2) is 0 Å². The smallest absolute Gasteiger partial charge is 0.237 e. The van der Waals surface area contributed by atoms with Crippen molar-refractivity contribution < 1.29 is 4.79 Å². The van der Waals surface area contributed by atoms with Gasteiger partial charge in [0.25, 0.3) is 0 Å². The molecule has 2 rings (SSSR count). The molecule has 1 aliphatic carbocycles. The van der Waals surface area contributed by atoms with Crippen LogP contribution in [0, 0.1) is 0 Å². The Morgan fingerprint density at radius 2 is 2.05 bits per heavy atom. The fourth-order valence-corrected chi connectivity index (χ4v) is 3.93. The van der Waals surface area contributed by atoms with Crippen LogP contribution in [0.1, 0.15) is 46.0 Å². The van der Waals surface area contributed by atoms with Gasteiger partial charge in [-0.15, -0.1) is 0 Å². The molecule has 5 nitrogen and oxygen atoms in total. The van der Waals surface area contributed by atoms with Crippen LogP contribution in [0.3, 0.4) is 0 Å². The lowest BCUT2D eigenvalue weighted by molar-refractivity contribution is -0.126. The molecule has 3 atom stereocenters. The molecule has 1 amide bonds. The molecule has 1 saturated carbocycles. The third-order valence-corrected chi connectivity index (χ3v) is 5.75. The number of hydrogen-bond donors (Lipinski definition) is 2. The third kappa shape index (κ3) is 3.58. The van der Waals surface area contributed by atoms with E-state index >= 15 is 0 Å². The van der Waals surface area contributed by atoms with Gasteiger partial charge in [0, 0.05) is 38.3 Å². The molecule has 0 bridgehead atoms. The van der Waals surface area contributed by atoms with Crippen molar-refractivity contribution in [3.63, 3.8) is 0 Å². The van der Waals surface area contributed by atoms with Crippen molar-refractivity contribution in [2.24, 2.45) is 5.73 Å². The highest BCUT2D eigenvalue weighted by molar-refractivity contribution is 5.84. The summed E-state index contributed by atoms with van der Waals surface area (Å²) < 4.78 is 0. The second kappa shape index (κ2) is 7.07. The molecule has 1 saturated heterocycles. The molecule has 0 spiro atoms. The Balaban J connectivity index is 1.93. The van der Waals surface area contributed by atoms with E-state index in [1.807, 2.05) is 7.05 Å². The van der Waals surface area contributed by atoms with Crippen molar-refractivity contribution in [2.45, 2.75) is 63.6 Å². The molecular weight excluding hydrogens is 264 g/mol. The molecule has 5 heteroatoms. The van der Waals surface area contributed by atoms with Crippen LogP contribution in [0.25, 0.3) is 0 Å². The number of amides is 1. The first-order valence-electron chi connectivity index (χ1n) is 8.49. The zero-order chi connectivity index (χ0) is 15.5. The number of nitrogens with one attached hydrogen (secondary N) is 1. The summed E-state index contributed by atoms with van der Waals surface area (Å²) in [6, 6.07) is 1.18. The first-order valence-corrected chi connectivity index (χ1v) is 8.49. The zero-order valence-electron chi connectivity index (χ0n) is 13.9. The molecule has 0 aromatic rings. The van der Waals surface area contributed by atoms with Crippen molar-refractivity contribution in [3.05, 3.63) is 0 Å². The molecule has 0 radical (unpaired) electrons. The van der Waals surface area contributed by atoms with Gasteiger partial charge in [-0.1, -0.05) is 6.92 Å². The first-order chi connectivity index (χ1) is 10.0. The average molecular weight is 296 g/mol. The van der Waals surface area contributed by atoms with Crippen LogP contribution in [0.4, 0.5) is 0 Å². The van der Waals surface area contributed by atoms with E-state index in [9.17, 15) is 4.79 Å². The largest absolute Gasteiger partial charge is 0.368 e. The number of likely N-dealkylation sites (N-methyl/N-ethyl adjacent to an activating group) is 1. The first kappa shape index (κ1) is 16.7. The molecule has 0 aromatic heterocycles. The number of carbonyl (C=O) groups is 1. The van der Waals surface area contributed by atoms with E-state index in [4.69, 9.17) is 5.73 Å². The lowest BCUT2D eigenvalue weighted by Gasteiger charge is -2.46. The Kier molecular flexibility index (Phi) is 5.63. The van der Waals surface area contributed by atoms with Gasteiger partial charge < -0.3 is 11.1 Å². The quantitative estimate of drug-likeness (QED) is 0.787. The number of primary amides is 1. The lowest BCUT2D eigenvalue weighted by Crippen LogP contribution is -2.61. The SMILES string of the molecule is CCC(C)N1CCN(C2CCCC(NC)(C(N)=O)C2)CC1. The highest BCUT2D eigenvalue weighted by Gasteiger charge is 2.42. The third-order valence-electron chi connectivity index (χ3n) is 5.75. The average Bonchev–Trinajstić information content (AvgIpc) is 2.54. The summed E-state index contributed by atoms with van der Waals surface area (Å²) in [4.78, 5) is 17.0. The number of rotatable bonds is 5. The molecule has 21 heavy (non-hydrogen) atoms. The van der Waals surface area contributed by atoms with Crippen LogP contribution in [-0.4, -0.2) is 66.6 Å². The van der Waals surface area contributed by atoms with Gasteiger partial charge in [0.1, 0.15) is 0 Å². The number of nitrogens with zero attached hydrogens (tertiary/aromatic N) is 2. The van der Waals surface area contributed by atoms with Gasteiger partial charge in [-0.2, -0.15) is 0 Å². The van der Waals surface area contributed by atoms with Crippen LogP contribution in [-0.2, 0) is 4.79 Å². The Labute approximate surface area is 129 Å². The second-order valence-electron chi connectivity index (χ2n) is 6.78. The highest BCUT2D eigenvalue weighted by Crippen LogP contribution is 2.31. The normalized spacial score (nSPS) is 33.8. The fourth-order valence-electron chi connectivity index (χ4n) is 3.93. The minimum Gasteiger partial charge on any atom is -0.368 e. The second-order valence-corrected chi connectivity index (χ2v) is 6.78. The lowest BCUT2D eigenvalue weighted by atomic mass is 9.77. The zero-order valence-corrected chi connectivity index (χ0v) is 13.9. The maximum Gasteiger partial charge on any atom is 0.237 e. The standard InChI is InChI=1S/C16H32N4O/c1-4-13(2)19-8-10-20(11-9-19)14-6-5-7-16(12-14,18-3)15(17)21/h13-14,18H,4-12H2,1-3H3,(H2,17,21). The number of carbonyl (C=O) groups excluding carboxylic acids is 1. The van der Waals surface area contributed by atoms with E-state index in [0.29, 0.717) is 12.1 Å². The van der Waals surface area contributed by atoms with Crippen molar-refractivity contribution in [3.8, 4) is 0 Å². The monoisotopic (exact) mass is 296 g/mol. The number of nitrogens with two attached hydrogens (primary N) is 1. The van der Waals surface area contributed by atoms with E-state index in [-0.39, 0.29) is 5.91 Å². The topological polar surface area (TPSA) is 61.6 Å². The summed E-state index contributed by atoms with van der Waals surface area (Å²) in [6.45, 7) is 9.10.